The van der Waals surface area contributed by atoms with Gasteiger partial charge in [-0.1, -0.05) is 31.2 Å². The second-order valence-electron chi connectivity index (χ2n) is 4.87. The van der Waals surface area contributed by atoms with E-state index < -0.39 is 0 Å². The Morgan fingerprint density at radius 2 is 2.10 bits per heavy atom. The van der Waals surface area contributed by atoms with E-state index in [-0.39, 0.29) is 18.2 Å². The Morgan fingerprint density at radius 1 is 1.45 bits per heavy atom. The van der Waals surface area contributed by atoms with Gasteiger partial charge >= 0.3 is 0 Å². The van der Waals surface area contributed by atoms with Gasteiger partial charge in [0.05, 0.1) is 18.4 Å². The van der Waals surface area contributed by atoms with E-state index in [2.05, 4.69) is 23.3 Å². The Labute approximate surface area is 120 Å². The van der Waals surface area contributed by atoms with E-state index in [1.165, 1.54) is 0 Å². The summed E-state index contributed by atoms with van der Waals surface area (Å²) in [6.45, 7) is 6.31. The van der Waals surface area contributed by atoms with Crippen molar-refractivity contribution >= 4 is 5.91 Å². The van der Waals surface area contributed by atoms with Gasteiger partial charge in [-0.25, -0.2) is 5.84 Å². The molecule has 0 heterocycles. The maximum atomic E-state index is 11.4. The Hall–Kier alpha value is -1.90. The number of carbonyl (C=O) groups is 1. The number of rotatable bonds is 7. The van der Waals surface area contributed by atoms with Gasteiger partial charge in [0.15, 0.2) is 0 Å². The fraction of sp³-hybridized carbons (Fsp3) is 0.467. The van der Waals surface area contributed by atoms with Crippen LogP contribution in [-0.4, -0.2) is 23.9 Å². The number of nitrogens with two attached hydrogens (primary N) is 1. The van der Waals surface area contributed by atoms with Gasteiger partial charge < -0.3 is 0 Å². The summed E-state index contributed by atoms with van der Waals surface area (Å²) in [7, 11) is 0. The molecule has 108 valence electrons. The van der Waals surface area contributed by atoms with Gasteiger partial charge in [-0.3, -0.25) is 15.1 Å². The molecule has 5 nitrogen and oxygen atoms in total. The van der Waals surface area contributed by atoms with Gasteiger partial charge in [-0.05, 0) is 24.6 Å². The highest BCUT2D eigenvalue weighted by molar-refractivity contribution is 5.78. The molecular formula is C15H22N4O. The minimum atomic E-state index is -0.203. The van der Waals surface area contributed by atoms with E-state index in [1.54, 1.807) is 0 Å². The maximum Gasteiger partial charge on any atom is 0.238 e. The van der Waals surface area contributed by atoms with Crippen LogP contribution in [0.15, 0.2) is 24.3 Å². The number of nitriles is 1. The van der Waals surface area contributed by atoms with Crippen LogP contribution in [0.25, 0.3) is 0 Å². The Morgan fingerprint density at radius 3 is 2.65 bits per heavy atom. The van der Waals surface area contributed by atoms with Crippen LogP contribution < -0.4 is 11.3 Å². The Bertz CT molecular complexity index is 481. The molecule has 1 rings (SSSR count). The highest BCUT2D eigenvalue weighted by atomic mass is 16.2. The summed E-state index contributed by atoms with van der Waals surface area (Å²) in [6.07, 6.45) is 0.276. The molecule has 0 aliphatic carbocycles. The number of hydrogen-bond donors (Lipinski definition) is 2. The number of hydrogen-bond acceptors (Lipinski definition) is 4. The number of nitrogens with zero attached hydrogens (tertiary/aromatic N) is 2. The normalized spacial score (nSPS) is 11.9. The van der Waals surface area contributed by atoms with E-state index in [0.717, 1.165) is 30.8 Å². The average Bonchev–Trinajstić information content (AvgIpc) is 2.47. The molecule has 1 unspecified atom stereocenters. The number of carbonyl (C=O) groups excluding carboxylic acids is 1. The van der Waals surface area contributed by atoms with Crippen molar-refractivity contribution in [2.24, 2.45) is 11.8 Å². The quantitative estimate of drug-likeness (QED) is 0.445. The third kappa shape index (κ3) is 5.00. The first-order valence-corrected chi connectivity index (χ1v) is 6.78. The molecule has 3 N–H and O–H groups in total. The fourth-order valence-electron chi connectivity index (χ4n) is 2.08. The summed E-state index contributed by atoms with van der Waals surface area (Å²) in [5, 5.41) is 8.91. The lowest BCUT2D eigenvalue weighted by Gasteiger charge is -2.23. The van der Waals surface area contributed by atoms with Crippen LogP contribution in [0.4, 0.5) is 0 Å². The molecule has 1 aromatic rings. The molecule has 0 radical (unpaired) electrons. The molecule has 1 amide bonds. The summed E-state index contributed by atoms with van der Waals surface area (Å²) in [5.74, 6) is 4.93. The standard InChI is InChI=1S/C15H22N4O/c1-3-19(10-12(2)9-16)11-14-7-5-4-6-13(14)8-15(20)18-17/h4-7,12H,3,8,10-11,17H2,1-2H3,(H,18,20). The zero-order valence-electron chi connectivity index (χ0n) is 12.1. The number of nitrogens with one attached hydrogen (secondary N) is 1. The highest BCUT2D eigenvalue weighted by Gasteiger charge is 2.12. The van der Waals surface area contributed by atoms with E-state index in [1.807, 2.05) is 31.2 Å². The van der Waals surface area contributed by atoms with Crippen molar-refractivity contribution in [1.29, 1.82) is 5.26 Å². The number of hydrazine groups is 1. The zero-order valence-corrected chi connectivity index (χ0v) is 12.1. The lowest BCUT2D eigenvalue weighted by Crippen LogP contribution is -2.32. The first kappa shape index (κ1) is 16.2. The summed E-state index contributed by atoms with van der Waals surface area (Å²) >= 11 is 0. The zero-order chi connectivity index (χ0) is 15.0. The van der Waals surface area contributed by atoms with Gasteiger partial charge in [0.25, 0.3) is 0 Å². The minimum absolute atomic E-state index is 0.00514. The van der Waals surface area contributed by atoms with Gasteiger partial charge in [0, 0.05) is 13.1 Å². The van der Waals surface area contributed by atoms with Crippen molar-refractivity contribution in [2.45, 2.75) is 26.8 Å². The second-order valence-corrected chi connectivity index (χ2v) is 4.87. The summed E-state index contributed by atoms with van der Waals surface area (Å²) in [4.78, 5) is 13.6. The van der Waals surface area contributed by atoms with Crippen molar-refractivity contribution in [1.82, 2.24) is 10.3 Å². The lowest BCUT2D eigenvalue weighted by molar-refractivity contribution is -0.120. The van der Waals surface area contributed by atoms with Crippen LogP contribution in [0.2, 0.25) is 0 Å². The Kier molecular flexibility index (Phi) is 6.71. The fourth-order valence-corrected chi connectivity index (χ4v) is 2.08. The van der Waals surface area contributed by atoms with Crippen LogP contribution >= 0.6 is 0 Å². The first-order valence-electron chi connectivity index (χ1n) is 6.78. The largest absolute Gasteiger partial charge is 0.298 e. The second kappa shape index (κ2) is 8.31. The van der Waals surface area contributed by atoms with Crippen molar-refractivity contribution in [3.05, 3.63) is 35.4 Å². The van der Waals surface area contributed by atoms with E-state index in [0.29, 0.717) is 0 Å². The molecule has 0 spiro atoms. The summed E-state index contributed by atoms with van der Waals surface area (Å²) in [6, 6.07) is 10.1. The molecular weight excluding hydrogens is 252 g/mol. The van der Waals surface area contributed by atoms with Crippen LogP contribution in [-0.2, 0) is 17.8 Å². The molecule has 0 fully saturated rings. The highest BCUT2D eigenvalue weighted by Crippen LogP contribution is 2.13. The summed E-state index contributed by atoms with van der Waals surface area (Å²) in [5.41, 5.74) is 4.22. The molecule has 0 aliphatic rings. The van der Waals surface area contributed by atoms with Crippen molar-refractivity contribution in [3.8, 4) is 6.07 Å². The molecule has 0 saturated carbocycles. The molecule has 0 bridgehead atoms. The van der Waals surface area contributed by atoms with Gasteiger partial charge in [-0.15, -0.1) is 0 Å². The predicted octanol–water partition coefficient (Wildman–Crippen LogP) is 1.20. The summed E-state index contributed by atoms with van der Waals surface area (Å²) < 4.78 is 0. The Balaban J connectivity index is 2.79. The number of benzene rings is 1. The first-order chi connectivity index (χ1) is 9.60. The van der Waals surface area contributed by atoms with Crippen LogP contribution in [0.3, 0.4) is 0 Å². The lowest BCUT2D eigenvalue weighted by atomic mass is 10.0. The van der Waals surface area contributed by atoms with Crippen molar-refractivity contribution in [3.63, 3.8) is 0 Å². The van der Waals surface area contributed by atoms with Gasteiger partial charge in [0.2, 0.25) is 5.91 Å². The molecule has 0 aliphatic heterocycles. The monoisotopic (exact) mass is 274 g/mol. The predicted molar refractivity (Wildman–Crippen MR) is 78.2 cm³/mol. The molecule has 0 saturated heterocycles. The van der Waals surface area contributed by atoms with E-state index >= 15 is 0 Å². The molecule has 1 aromatic carbocycles. The van der Waals surface area contributed by atoms with Crippen LogP contribution in [0.5, 0.6) is 0 Å². The third-order valence-electron chi connectivity index (χ3n) is 3.22. The molecule has 20 heavy (non-hydrogen) atoms. The average molecular weight is 274 g/mol. The molecule has 5 heteroatoms. The number of amides is 1. The maximum absolute atomic E-state index is 11.4. The van der Waals surface area contributed by atoms with E-state index in [4.69, 9.17) is 11.1 Å². The third-order valence-corrected chi connectivity index (χ3v) is 3.22. The van der Waals surface area contributed by atoms with E-state index in [9.17, 15) is 4.79 Å². The SMILES string of the molecule is CCN(Cc1ccccc1CC(=O)NN)CC(C)C#N. The van der Waals surface area contributed by atoms with Crippen LogP contribution in [0, 0.1) is 17.2 Å². The van der Waals surface area contributed by atoms with Crippen LogP contribution in [0.1, 0.15) is 25.0 Å². The van der Waals surface area contributed by atoms with Crippen molar-refractivity contribution < 1.29 is 4.79 Å². The van der Waals surface area contributed by atoms with Crippen molar-refractivity contribution in [2.75, 3.05) is 13.1 Å². The molecule has 1 atom stereocenters. The minimum Gasteiger partial charge on any atom is -0.298 e. The molecule has 0 aromatic heterocycles. The smallest absolute Gasteiger partial charge is 0.238 e. The van der Waals surface area contributed by atoms with Gasteiger partial charge in [-0.2, -0.15) is 5.26 Å². The topological polar surface area (TPSA) is 82.2 Å². The van der Waals surface area contributed by atoms with Gasteiger partial charge in [0.1, 0.15) is 0 Å².